The molecule has 1 heterocycles. The molecule has 0 amide bonds. The van der Waals surface area contributed by atoms with Crippen LogP contribution >= 0.6 is 0 Å². The molecule has 0 bridgehead atoms. The lowest BCUT2D eigenvalue weighted by Crippen LogP contribution is -2.48. The Morgan fingerprint density at radius 2 is 2.14 bits per heavy atom. The Labute approximate surface area is 85.8 Å². The van der Waals surface area contributed by atoms with Crippen molar-refractivity contribution in [3.63, 3.8) is 0 Å². The van der Waals surface area contributed by atoms with Crippen molar-refractivity contribution in [2.75, 3.05) is 13.6 Å². The summed E-state index contributed by atoms with van der Waals surface area (Å²) in [6, 6.07) is 0.759. The van der Waals surface area contributed by atoms with Crippen molar-refractivity contribution in [1.29, 1.82) is 0 Å². The van der Waals surface area contributed by atoms with Gasteiger partial charge in [0.2, 0.25) is 0 Å². The molecule has 0 saturated carbocycles. The standard InChI is InChI=1S/C8H19N3O2S/c1-7-4-3-5-8(11-7)6-10-14(12,13)9-2/h7-11H,3-6H2,1-2H3. The highest BCUT2D eigenvalue weighted by Gasteiger charge is 2.18. The molecule has 1 fully saturated rings. The maximum atomic E-state index is 11.1. The number of hydrogen-bond acceptors (Lipinski definition) is 3. The van der Waals surface area contributed by atoms with E-state index in [4.69, 9.17) is 0 Å². The molecular weight excluding hydrogens is 202 g/mol. The largest absolute Gasteiger partial charge is 0.310 e. The van der Waals surface area contributed by atoms with Crippen molar-refractivity contribution >= 4 is 10.2 Å². The van der Waals surface area contributed by atoms with Gasteiger partial charge in [0, 0.05) is 25.7 Å². The van der Waals surface area contributed by atoms with Gasteiger partial charge in [-0.2, -0.15) is 8.42 Å². The van der Waals surface area contributed by atoms with Crippen molar-refractivity contribution in [1.82, 2.24) is 14.8 Å². The zero-order valence-corrected chi connectivity index (χ0v) is 9.52. The summed E-state index contributed by atoms with van der Waals surface area (Å²) < 4.78 is 26.9. The Morgan fingerprint density at radius 3 is 2.71 bits per heavy atom. The van der Waals surface area contributed by atoms with E-state index < -0.39 is 10.2 Å². The third-order valence-electron chi connectivity index (χ3n) is 2.50. The highest BCUT2D eigenvalue weighted by molar-refractivity contribution is 7.87. The van der Waals surface area contributed by atoms with Crippen LogP contribution in [-0.4, -0.2) is 34.1 Å². The smallest absolute Gasteiger partial charge is 0.276 e. The van der Waals surface area contributed by atoms with Crippen LogP contribution in [0.3, 0.4) is 0 Å². The average molecular weight is 221 g/mol. The van der Waals surface area contributed by atoms with E-state index in [9.17, 15) is 8.42 Å². The lowest BCUT2D eigenvalue weighted by molar-refractivity contribution is 0.334. The monoisotopic (exact) mass is 221 g/mol. The van der Waals surface area contributed by atoms with Crippen LogP contribution in [-0.2, 0) is 10.2 Å². The summed E-state index contributed by atoms with van der Waals surface area (Å²) in [4.78, 5) is 0. The van der Waals surface area contributed by atoms with Gasteiger partial charge in [0.1, 0.15) is 0 Å². The summed E-state index contributed by atoms with van der Waals surface area (Å²) in [5, 5.41) is 3.36. The summed E-state index contributed by atoms with van der Waals surface area (Å²) >= 11 is 0. The van der Waals surface area contributed by atoms with Crippen LogP contribution in [0.1, 0.15) is 26.2 Å². The summed E-state index contributed by atoms with van der Waals surface area (Å²) in [6.45, 7) is 2.59. The van der Waals surface area contributed by atoms with Crippen LogP contribution < -0.4 is 14.8 Å². The first-order valence-electron chi connectivity index (χ1n) is 4.97. The van der Waals surface area contributed by atoms with Gasteiger partial charge in [0.05, 0.1) is 0 Å². The van der Waals surface area contributed by atoms with Gasteiger partial charge in [0.25, 0.3) is 10.2 Å². The Bertz CT molecular complexity index is 266. The van der Waals surface area contributed by atoms with Crippen LogP contribution in [0.25, 0.3) is 0 Å². The van der Waals surface area contributed by atoms with Crippen molar-refractivity contribution in [2.24, 2.45) is 0 Å². The Hall–Kier alpha value is -0.170. The molecule has 84 valence electrons. The van der Waals surface area contributed by atoms with Crippen molar-refractivity contribution in [3.8, 4) is 0 Å². The number of hydrogen-bond donors (Lipinski definition) is 3. The van der Waals surface area contributed by atoms with Gasteiger partial charge in [-0.15, -0.1) is 0 Å². The fraction of sp³-hybridized carbons (Fsp3) is 1.00. The molecule has 0 aliphatic carbocycles. The van der Waals surface area contributed by atoms with E-state index in [2.05, 4.69) is 21.7 Å². The number of piperidine rings is 1. The SMILES string of the molecule is CNS(=O)(=O)NCC1CCCC(C)N1. The van der Waals surface area contributed by atoms with Gasteiger partial charge in [-0.1, -0.05) is 6.42 Å². The van der Waals surface area contributed by atoms with E-state index in [1.807, 2.05) is 0 Å². The molecule has 3 N–H and O–H groups in total. The topological polar surface area (TPSA) is 70.2 Å². The van der Waals surface area contributed by atoms with Crippen molar-refractivity contribution in [3.05, 3.63) is 0 Å². The van der Waals surface area contributed by atoms with E-state index in [0.29, 0.717) is 12.6 Å². The average Bonchev–Trinajstić information content (AvgIpc) is 2.15. The molecule has 0 aromatic carbocycles. The zero-order valence-electron chi connectivity index (χ0n) is 8.71. The lowest BCUT2D eigenvalue weighted by atomic mass is 10.00. The zero-order chi connectivity index (χ0) is 10.6. The summed E-state index contributed by atoms with van der Waals surface area (Å²) in [7, 11) is -1.87. The van der Waals surface area contributed by atoms with E-state index in [1.54, 1.807) is 0 Å². The molecule has 6 heteroatoms. The minimum absolute atomic E-state index is 0.266. The van der Waals surface area contributed by atoms with Crippen LogP contribution in [0.15, 0.2) is 0 Å². The molecule has 2 unspecified atom stereocenters. The Morgan fingerprint density at radius 1 is 1.43 bits per heavy atom. The molecule has 1 aliphatic rings. The second-order valence-corrected chi connectivity index (χ2v) is 5.46. The summed E-state index contributed by atoms with van der Waals surface area (Å²) in [5.74, 6) is 0. The normalized spacial score (nSPS) is 29.0. The maximum Gasteiger partial charge on any atom is 0.276 e. The number of nitrogens with one attached hydrogen (secondary N) is 3. The van der Waals surface area contributed by atoms with Crippen LogP contribution in [0.5, 0.6) is 0 Å². The molecule has 1 saturated heterocycles. The van der Waals surface area contributed by atoms with Crippen LogP contribution in [0.4, 0.5) is 0 Å². The van der Waals surface area contributed by atoms with Gasteiger partial charge in [-0.25, -0.2) is 9.44 Å². The molecule has 2 atom stereocenters. The van der Waals surface area contributed by atoms with Gasteiger partial charge in [-0.3, -0.25) is 0 Å². The molecule has 0 aromatic rings. The van der Waals surface area contributed by atoms with Gasteiger partial charge >= 0.3 is 0 Å². The minimum Gasteiger partial charge on any atom is -0.310 e. The number of rotatable bonds is 4. The first-order chi connectivity index (χ1) is 6.53. The van der Waals surface area contributed by atoms with E-state index >= 15 is 0 Å². The third kappa shape index (κ3) is 3.91. The van der Waals surface area contributed by atoms with Crippen LogP contribution in [0, 0.1) is 0 Å². The maximum absolute atomic E-state index is 11.1. The quantitative estimate of drug-likeness (QED) is 0.603. The highest BCUT2D eigenvalue weighted by atomic mass is 32.2. The highest BCUT2D eigenvalue weighted by Crippen LogP contribution is 2.11. The molecular formula is C8H19N3O2S. The summed E-state index contributed by atoms with van der Waals surface area (Å²) in [6.07, 6.45) is 3.38. The van der Waals surface area contributed by atoms with E-state index in [1.165, 1.54) is 19.9 Å². The van der Waals surface area contributed by atoms with Gasteiger partial charge in [-0.05, 0) is 19.8 Å². The second-order valence-electron chi connectivity index (χ2n) is 3.75. The predicted octanol–water partition coefficient (Wildman–Crippen LogP) is -0.429. The molecule has 1 aliphatic heterocycles. The van der Waals surface area contributed by atoms with Crippen LogP contribution in [0.2, 0.25) is 0 Å². The van der Waals surface area contributed by atoms with E-state index in [-0.39, 0.29) is 6.04 Å². The lowest BCUT2D eigenvalue weighted by Gasteiger charge is -2.28. The molecule has 0 radical (unpaired) electrons. The van der Waals surface area contributed by atoms with Gasteiger partial charge < -0.3 is 5.32 Å². The Kier molecular flexibility index (Phi) is 4.31. The summed E-state index contributed by atoms with van der Waals surface area (Å²) in [5.41, 5.74) is 0. The molecule has 5 nitrogen and oxygen atoms in total. The third-order valence-corrected chi connectivity index (χ3v) is 3.58. The molecule has 0 aromatic heterocycles. The minimum atomic E-state index is -3.28. The van der Waals surface area contributed by atoms with E-state index in [0.717, 1.165) is 6.42 Å². The predicted molar refractivity (Wildman–Crippen MR) is 56.2 cm³/mol. The molecule has 14 heavy (non-hydrogen) atoms. The fourth-order valence-electron chi connectivity index (χ4n) is 1.68. The molecule has 0 spiro atoms. The van der Waals surface area contributed by atoms with Gasteiger partial charge in [0.15, 0.2) is 0 Å². The molecule has 1 rings (SSSR count). The van der Waals surface area contributed by atoms with Crippen molar-refractivity contribution in [2.45, 2.75) is 38.3 Å². The Balaban J connectivity index is 2.31. The fourth-order valence-corrected chi connectivity index (χ4v) is 2.25. The second kappa shape index (κ2) is 5.06. The van der Waals surface area contributed by atoms with Crippen molar-refractivity contribution < 1.29 is 8.42 Å². The first-order valence-corrected chi connectivity index (χ1v) is 6.46. The first kappa shape index (κ1) is 11.9.